The molecular formula is C32H33FN4O7. The maximum atomic E-state index is 15.2. The molecule has 11 nitrogen and oxygen atoms in total. The summed E-state index contributed by atoms with van der Waals surface area (Å²) in [6.45, 7) is 5.43. The standard InChI is InChI=1S/C32H33FN4O7/c1-4-25(38)34-14-44-24-8-9-36(30(24)40)22-7-6-16-15(3)20(33)11-21-26(16)27(22)17-12-37-23(28(17)35-21)10-19-18(29(37)39)13-43-31(41)32(19,42)5-2/h10-11,22,24,42H,4-9,12-14H2,1-3H3,(H,34,38)/t22-,24?,32-/m0/s1. The first kappa shape index (κ1) is 28.6. The highest BCUT2D eigenvalue weighted by Gasteiger charge is 2.47. The number of amides is 2. The van der Waals surface area contributed by atoms with Gasteiger partial charge in [-0.1, -0.05) is 13.8 Å². The summed E-state index contributed by atoms with van der Waals surface area (Å²) >= 11 is 0. The van der Waals surface area contributed by atoms with Gasteiger partial charge in [-0.05, 0) is 48.9 Å². The average molecular weight is 605 g/mol. The predicted octanol–water partition coefficient (Wildman–Crippen LogP) is 2.62. The molecule has 2 N–H and O–H groups in total. The lowest BCUT2D eigenvalue weighted by molar-refractivity contribution is -0.172. The largest absolute Gasteiger partial charge is 0.458 e. The molecular weight excluding hydrogens is 571 g/mol. The molecule has 1 unspecified atom stereocenters. The maximum Gasteiger partial charge on any atom is 0.343 e. The van der Waals surface area contributed by atoms with Gasteiger partial charge in [0.2, 0.25) is 5.91 Å². The summed E-state index contributed by atoms with van der Waals surface area (Å²) in [7, 11) is 0. The van der Waals surface area contributed by atoms with Crippen LogP contribution in [0.1, 0.15) is 79.0 Å². The predicted molar refractivity (Wildman–Crippen MR) is 155 cm³/mol. The molecule has 1 saturated heterocycles. The van der Waals surface area contributed by atoms with Gasteiger partial charge in [-0.3, -0.25) is 14.4 Å². The Morgan fingerprint density at radius 1 is 1.20 bits per heavy atom. The first-order chi connectivity index (χ1) is 21.1. The monoisotopic (exact) mass is 604 g/mol. The first-order valence-corrected chi connectivity index (χ1v) is 15.1. The number of aromatic nitrogens is 2. The summed E-state index contributed by atoms with van der Waals surface area (Å²) in [5.74, 6) is -1.54. The van der Waals surface area contributed by atoms with Crippen molar-refractivity contribution in [2.24, 2.45) is 0 Å². The van der Waals surface area contributed by atoms with Crippen molar-refractivity contribution < 1.29 is 33.4 Å². The molecule has 3 atom stereocenters. The van der Waals surface area contributed by atoms with E-state index in [1.807, 2.05) is 0 Å². The van der Waals surface area contributed by atoms with E-state index in [4.69, 9.17) is 14.5 Å². The van der Waals surface area contributed by atoms with Crippen LogP contribution in [0.15, 0.2) is 16.9 Å². The number of halogens is 1. The highest BCUT2D eigenvalue weighted by atomic mass is 19.1. The summed E-state index contributed by atoms with van der Waals surface area (Å²) in [5.41, 5.74) is 2.34. The number of benzene rings is 1. The van der Waals surface area contributed by atoms with Crippen LogP contribution in [0.5, 0.6) is 0 Å². The normalized spacial score (nSPS) is 23.4. The van der Waals surface area contributed by atoms with Crippen LogP contribution in [-0.2, 0) is 49.0 Å². The molecule has 2 amide bonds. The molecule has 1 fully saturated rings. The minimum atomic E-state index is -1.97. The fourth-order valence-electron chi connectivity index (χ4n) is 7.33. The number of nitrogens with one attached hydrogen (secondary N) is 1. The lowest BCUT2D eigenvalue weighted by atomic mass is 9.81. The van der Waals surface area contributed by atoms with Gasteiger partial charge in [-0.2, -0.15) is 0 Å². The number of hydrogen-bond acceptors (Lipinski definition) is 8. The third-order valence-electron chi connectivity index (χ3n) is 9.79. The molecule has 0 radical (unpaired) electrons. The number of fused-ring (bicyclic) bond motifs is 5. The molecule has 0 saturated carbocycles. The van der Waals surface area contributed by atoms with Crippen LogP contribution < -0.4 is 10.9 Å². The van der Waals surface area contributed by atoms with Gasteiger partial charge in [0.25, 0.3) is 11.5 Å². The highest BCUT2D eigenvalue weighted by Crippen LogP contribution is 2.48. The lowest BCUT2D eigenvalue weighted by Gasteiger charge is -2.35. The Bertz CT molecular complexity index is 1850. The Hall–Kier alpha value is -4.16. The van der Waals surface area contributed by atoms with Gasteiger partial charge in [0.15, 0.2) is 5.60 Å². The SMILES string of the molecule is CCC(=O)NCOC1CCN([C@H]2CCc3c(C)c(F)cc4nc5c(c2c34)Cn2c-5cc3c(c2=O)COC(=O)[C@]3(O)CC)C1=O. The van der Waals surface area contributed by atoms with Crippen LogP contribution in [0.25, 0.3) is 22.3 Å². The minimum Gasteiger partial charge on any atom is -0.458 e. The Kier molecular flexibility index (Phi) is 6.63. The number of rotatable bonds is 6. The number of esters is 1. The second-order valence-electron chi connectivity index (χ2n) is 11.9. The van der Waals surface area contributed by atoms with E-state index in [1.165, 1.54) is 6.07 Å². The molecule has 0 spiro atoms. The van der Waals surface area contributed by atoms with E-state index in [0.29, 0.717) is 54.7 Å². The van der Waals surface area contributed by atoms with E-state index in [2.05, 4.69) is 5.32 Å². The number of likely N-dealkylation sites (tertiary alicyclic amines) is 1. The van der Waals surface area contributed by atoms with Crippen molar-refractivity contribution in [3.05, 3.63) is 61.7 Å². The van der Waals surface area contributed by atoms with Gasteiger partial charge in [0.1, 0.15) is 25.3 Å². The number of nitrogens with zero attached hydrogens (tertiary/aromatic N) is 3. The lowest BCUT2D eigenvalue weighted by Crippen LogP contribution is -2.44. The zero-order valence-electron chi connectivity index (χ0n) is 24.8. The number of cyclic esters (lactones) is 1. The Balaban J connectivity index is 1.37. The molecule has 230 valence electrons. The maximum absolute atomic E-state index is 15.2. The van der Waals surface area contributed by atoms with Crippen LogP contribution in [0, 0.1) is 12.7 Å². The second kappa shape index (κ2) is 10.2. The Morgan fingerprint density at radius 2 is 2.00 bits per heavy atom. The molecule has 7 rings (SSSR count). The minimum absolute atomic E-state index is 0.0172. The third-order valence-corrected chi connectivity index (χ3v) is 9.79. The van der Waals surface area contributed by atoms with Crippen molar-refractivity contribution >= 4 is 28.7 Å². The van der Waals surface area contributed by atoms with Gasteiger partial charge in [0.05, 0.1) is 35.1 Å². The van der Waals surface area contributed by atoms with E-state index in [-0.39, 0.29) is 66.7 Å². The van der Waals surface area contributed by atoms with Crippen molar-refractivity contribution in [1.29, 1.82) is 0 Å². The summed E-state index contributed by atoms with van der Waals surface area (Å²) in [4.78, 5) is 58.4. The zero-order chi connectivity index (χ0) is 31.1. The van der Waals surface area contributed by atoms with Gasteiger partial charge < -0.3 is 29.4 Å². The van der Waals surface area contributed by atoms with Crippen LogP contribution in [0.2, 0.25) is 0 Å². The molecule has 1 aliphatic carbocycles. The Morgan fingerprint density at radius 3 is 2.75 bits per heavy atom. The van der Waals surface area contributed by atoms with Crippen LogP contribution in [0.3, 0.4) is 0 Å². The number of aryl methyl sites for hydroxylation is 1. The van der Waals surface area contributed by atoms with E-state index in [1.54, 1.807) is 36.3 Å². The highest BCUT2D eigenvalue weighted by molar-refractivity contribution is 5.94. The van der Waals surface area contributed by atoms with Crippen molar-refractivity contribution in [1.82, 2.24) is 19.8 Å². The summed E-state index contributed by atoms with van der Waals surface area (Å²) in [6, 6.07) is 2.67. The van der Waals surface area contributed by atoms with Crippen LogP contribution in [-0.4, -0.2) is 56.7 Å². The number of ether oxygens (including phenoxy) is 2. The number of carbonyl (C=O) groups excluding carboxylic acids is 3. The molecule has 44 heavy (non-hydrogen) atoms. The number of pyridine rings is 2. The quantitative estimate of drug-likeness (QED) is 0.253. The van der Waals surface area contributed by atoms with Gasteiger partial charge in [-0.15, -0.1) is 0 Å². The molecule has 4 aliphatic rings. The molecule has 3 aliphatic heterocycles. The van der Waals surface area contributed by atoms with Crippen molar-refractivity contribution in [2.45, 2.75) is 83.8 Å². The molecule has 3 aromatic rings. The van der Waals surface area contributed by atoms with Crippen molar-refractivity contribution in [3.63, 3.8) is 0 Å². The smallest absolute Gasteiger partial charge is 0.343 e. The molecule has 5 heterocycles. The number of aliphatic hydroxyl groups is 1. The Labute approximate surface area is 252 Å². The van der Waals surface area contributed by atoms with Gasteiger partial charge in [0, 0.05) is 42.0 Å². The van der Waals surface area contributed by atoms with Crippen molar-refractivity contribution in [3.8, 4) is 11.4 Å². The second-order valence-corrected chi connectivity index (χ2v) is 11.9. The van der Waals surface area contributed by atoms with E-state index >= 15 is 4.39 Å². The van der Waals surface area contributed by atoms with E-state index in [9.17, 15) is 24.3 Å². The summed E-state index contributed by atoms with van der Waals surface area (Å²) in [5, 5.41) is 14.7. The molecule has 2 aromatic heterocycles. The van der Waals surface area contributed by atoms with Crippen LogP contribution >= 0.6 is 0 Å². The first-order valence-electron chi connectivity index (χ1n) is 15.1. The zero-order valence-corrected chi connectivity index (χ0v) is 24.8. The van der Waals surface area contributed by atoms with E-state index in [0.717, 1.165) is 22.1 Å². The molecule has 0 bridgehead atoms. The van der Waals surface area contributed by atoms with Crippen LogP contribution in [0.4, 0.5) is 4.39 Å². The summed E-state index contributed by atoms with van der Waals surface area (Å²) in [6.07, 6.45) is 1.18. The fourth-order valence-corrected chi connectivity index (χ4v) is 7.33. The van der Waals surface area contributed by atoms with E-state index < -0.39 is 17.7 Å². The number of hydrogen-bond donors (Lipinski definition) is 2. The topological polar surface area (TPSA) is 140 Å². The molecule has 12 heteroatoms. The fraction of sp³-hybridized carbons (Fsp3) is 0.469. The van der Waals surface area contributed by atoms with Gasteiger partial charge >= 0.3 is 5.97 Å². The van der Waals surface area contributed by atoms with Gasteiger partial charge in [-0.25, -0.2) is 14.2 Å². The number of carbonyl (C=O) groups is 3. The average Bonchev–Trinajstić information content (AvgIpc) is 3.57. The third kappa shape index (κ3) is 3.96. The van der Waals surface area contributed by atoms with Crippen molar-refractivity contribution in [2.75, 3.05) is 13.3 Å². The molecule has 1 aromatic carbocycles. The summed E-state index contributed by atoms with van der Waals surface area (Å²) < 4.78 is 27.7.